The molecule has 1 heterocycles. The van der Waals surface area contributed by atoms with Crippen LogP contribution in [0.4, 0.5) is 24.5 Å². The zero-order valence-electron chi connectivity index (χ0n) is 15.6. The van der Waals surface area contributed by atoms with Crippen LogP contribution in [0.5, 0.6) is 0 Å². The van der Waals surface area contributed by atoms with Gasteiger partial charge in [0.05, 0.1) is 24.0 Å². The number of allylic oxidation sites excluding steroid dienone is 3. The lowest BCUT2D eigenvalue weighted by molar-refractivity contribution is -0.133. The molecule has 3 rings (SSSR count). The molecular weight excluding hydrogens is 405 g/mol. The van der Waals surface area contributed by atoms with Crippen LogP contribution in [0.25, 0.3) is 0 Å². The van der Waals surface area contributed by atoms with Crippen LogP contribution < -0.4 is 21.3 Å². The van der Waals surface area contributed by atoms with E-state index in [2.05, 4.69) is 5.32 Å². The minimum atomic E-state index is -3.15. The molecule has 1 amide bonds. The second-order valence-electron chi connectivity index (χ2n) is 6.67. The predicted octanol–water partition coefficient (Wildman–Crippen LogP) is 0.757. The number of hydrogen-bond donors (Lipinski definition) is 5. The summed E-state index contributed by atoms with van der Waals surface area (Å²) in [6.07, 6.45) is -0.199. The van der Waals surface area contributed by atoms with Crippen LogP contribution >= 0.6 is 0 Å². The summed E-state index contributed by atoms with van der Waals surface area (Å²) in [7, 11) is 0. The smallest absolute Gasteiger partial charge is 0.315 e. The Kier molecular flexibility index (Phi) is 6.65. The molecule has 0 bridgehead atoms. The van der Waals surface area contributed by atoms with Gasteiger partial charge < -0.3 is 36.2 Å². The number of ether oxygens (including phenoxy) is 1. The van der Waals surface area contributed by atoms with Crippen molar-refractivity contribution >= 4 is 17.3 Å². The van der Waals surface area contributed by atoms with Crippen molar-refractivity contribution in [3.05, 3.63) is 59.7 Å². The zero-order valence-corrected chi connectivity index (χ0v) is 15.6. The predicted molar refractivity (Wildman–Crippen MR) is 103 cm³/mol. The van der Waals surface area contributed by atoms with Crippen molar-refractivity contribution in [1.29, 1.82) is 0 Å². The van der Waals surface area contributed by atoms with Gasteiger partial charge in [-0.2, -0.15) is 8.78 Å². The maximum atomic E-state index is 14.6. The third kappa shape index (κ3) is 5.12. The van der Waals surface area contributed by atoms with Gasteiger partial charge in [0, 0.05) is 17.9 Å². The van der Waals surface area contributed by atoms with Gasteiger partial charge in [0.1, 0.15) is 11.9 Å². The number of carbonyl (C=O) groups is 1. The Morgan fingerprint density at radius 3 is 2.83 bits per heavy atom. The summed E-state index contributed by atoms with van der Waals surface area (Å²) in [5.41, 5.74) is 6.76. The number of benzene rings is 1. The summed E-state index contributed by atoms with van der Waals surface area (Å²) in [6, 6.07) is 4.07. The maximum Gasteiger partial charge on any atom is 0.315 e. The molecule has 1 saturated heterocycles. The Morgan fingerprint density at radius 2 is 2.13 bits per heavy atom. The minimum Gasteiger partial charge on any atom is -0.399 e. The Labute approximate surface area is 170 Å². The van der Waals surface area contributed by atoms with Crippen molar-refractivity contribution in [3.63, 3.8) is 0 Å². The van der Waals surface area contributed by atoms with Gasteiger partial charge in [0.2, 0.25) is 6.41 Å². The van der Waals surface area contributed by atoms with Gasteiger partial charge in [-0.3, -0.25) is 4.79 Å². The molecule has 162 valence electrons. The summed E-state index contributed by atoms with van der Waals surface area (Å²) in [6.45, 7) is -0.180. The van der Waals surface area contributed by atoms with Crippen LogP contribution in [0.2, 0.25) is 0 Å². The lowest BCUT2D eigenvalue weighted by Crippen LogP contribution is -2.37. The molecular formula is C19H21F3N4O4. The van der Waals surface area contributed by atoms with Gasteiger partial charge in [-0.25, -0.2) is 4.39 Å². The van der Waals surface area contributed by atoms with E-state index in [1.165, 1.54) is 29.2 Å². The van der Waals surface area contributed by atoms with Gasteiger partial charge in [-0.1, -0.05) is 12.2 Å². The first kappa shape index (κ1) is 21.7. The average Bonchev–Trinajstić information content (AvgIpc) is 2.98. The average molecular weight is 426 g/mol. The van der Waals surface area contributed by atoms with E-state index in [1.807, 2.05) is 5.32 Å². The Bertz CT molecular complexity index is 891. The molecule has 1 aliphatic carbocycles. The standard InChI is InChI=1S/C19H21F3N4O4/c20-13-7-11(26-9-12(30-19(26)29)8-24-18(28)17(21)22)4-5-14(13)25-15-6-10(23)2-1-3-16(15)27/h1-7,12,16-17,19,25,27,29H,8-9,23H2,(H,24,28)/t12-,16?,19?/m0/s1. The Morgan fingerprint density at radius 1 is 1.37 bits per heavy atom. The van der Waals surface area contributed by atoms with E-state index >= 15 is 0 Å². The summed E-state index contributed by atoms with van der Waals surface area (Å²) in [5, 5.41) is 24.9. The number of hydrogen-bond acceptors (Lipinski definition) is 7. The molecule has 0 radical (unpaired) electrons. The van der Waals surface area contributed by atoms with E-state index in [0.717, 1.165) is 6.07 Å². The summed E-state index contributed by atoms with van der Waals surface area (Å²) < 4.78 is 44.3. The van der Waals surface area contributed by atoms with E-state index in [-0.39, 0.29) is 30.2 Å². The number of amides is 1. The number of carbonyl (C=O) groups excluding carboxylic acids is 1. The Balaban J connectivity index is 1.67. The fourth-order valence-corrected chi connectivity index (χ4v) is 2.97. The molecule has 2 aliphatic rings. The number of nitrogens with zero attached hydrogens (tertiary/aromatic N) is 1. The highest BCUT2D eigenvalue weighted by atomic mass is 19.3. The van der Waals surface area contributed by atoms with Gasteiger partial charge in [-0.15, -0.1) is 0 Å². The second-order valence-corrected chi connectivity index (χ2v) is 6.67. The number of aliphatic hydroxyl groups excluding tert-OH is 2. The molecule has 3 atom stereocenters. The van der Waals surface area contributed by atoms with Crippen LogP contribution in [0.15, 0.2) is 53.9 Å². The lowest BCUT2D eigenvalue weighted by atomic mass is 10.2. The SMILES string of the molecule is NC1=CC=CC(O)C(Nc2ccc(N3C[C@H](CNC(=O)C(F)F)OC3O)cc2F)=C1. The first-order valence-corrected chi connectivity index (χ1v) is 9.01. The number of halogens is 3. The summed E-state index contributed by atoms with van der Waals surface area (Å²) >= 11 is 0. The molecule has 1 aromatic carbocycles. The minimum absolute atomic E-state index is 0.0485. The molecule has 2 unspecified atom stereocenters. The molecule has 1 aliphatic heterocycles. The van der Waals surface area contributed by atoms with Crippen molar-refractivity contribution < 1.29 is 32.9 Å². The van der Waals surface area contributed by atoms with Crippen LogP contribution in [-0.2, 0) is 9.53 Å². The first-order chi connectivity index (χ1) is 14.2. The third-order valence-corrected chi connectivity index (χ3v) is 4.47. The van der Waals surface area contributed by atoms with Gasteiger partial charge >= 0.3 is 6.43 Å². The van der Waals surface area contributed by atoms with E-state index in [1.54, 1.807) is 12.2 Å². The highest BCUT2D eigenvalue weighted by Crippen LogP contribution is 2.28. The second kappa shape index (κ2) is 9.20. The molecule has 30 heavy (non-hydrogen) atoms. The first-order valence-electron chi connectivity index (χ1n) is 9.01. The van der Waals surface area contributed by atoms with E-state index < -0.39 is 36.8 Å². The molecule has 0 saturated carbocycles. The fraction of sp³-hybridized carbons (Fsp3) is 0.316. The molecule has 0 aromatic heterocycles. The highest BCUT2D eigenvalue weighted by Gasteiger charge is 2.32. The molecule has 1 aromatic rings. The number of anilines is 2. The third-order valence-electron chi connectivity index (χ3n) is 4.47. The monoisotopic (exact) mass is 426 g/mol. The van der Waals surface area contributed by atoms with Crippen molar-refractivity contribution in [2.24, 2.45) is 5.73 Å². The normalized spacial score (nSPS) is 23.8. The molecule has 1 fully saturated rings. The maximum absolute atomic E-state index is 14.6. The van der Waals surface area contributed by atoms with Gasteiger partial charge in [0.25, 0.3) is 5.91 Å². The lowest BCUT2D eigenvalue weighted by Gasteiger charge is -2.21. The van der Waals surface area contributed by atoms with E-state index in [9.17, 15) is 28.2 Å². The number of nitrogens with two attached hydrogens (primary N) is 1. The number of rotatable bonds is 6. The molecule has 8 nitrogen and oxygen atoms in total. The topological polar surface area (TPSA) is 120 Å². The molecule has 11 heteroatoms. The summed E-state index contributed by atoms with van der Waals surface area (Å²) in [4.78, 5) is 12.3. The number of alkyl halides is 2. The Hall–Kier alpha value is -3.02. The fourth-order valence-electron chi connectivity index (χ4n) is 2.97. The number of nitrogens with one attached hydrogen (secondary N) is 2. The van der Waals surface area contributed by atoms with Crippen LogP contribution in [0.1, 0.15) is 0 Å². The van der Waals surface area contributed by atoms with E-state index in [4.69, 9.17) is 10.5 Å². The van der Waals surface area contributed by atoms with Crippen molar-refractivity contribution in [1.82, 2.24) is 5.32 Å². The zero-order chi connectivity index (χ0) is 21.8. The van der Waals surface area contributed by atoms with Gasteiger partial charge in [-0.05, 0) is 30.4 Å². The molecule has 0 spiro atoms. The van der Waals surface area contributed by atoms with Crippen LogP contribution in [0, 0.1) is 5.82 Å². The number of aliphatic hydroxyl groups is 2. The van der Waals surface area contributed by atoms with Crippen molar-refractivity contribution in [2.75, 3.05) is 23.3 Å². The largest absolute Gasteiger partial charge is 0.399 e. The molecule has 6 N–H and O–H groups in total. The quantitative estimate of drug-likeness (QED) is 0.456. The van der Waals surface area contributed by atoms with E-state index in [0.29, 0.717) is 5.70 Å². The van der Waals surface area contributed by atoms with Crippen molar-refractivity contribution in [3.8, 4) is 0 Å². The van der Waals surface area contributed by atoms with Crippen LogP contribution in [-0.4, -0.2) is 54.3 Å². The van der Waals surface area contributed by atoms with Gasteiger partial charge in [0.15, 0.2) is 0 Å². The highest BCUT2D eigenvalue weighted by molar-refractivity contribution is 5.79. The van der Waals surface area contributed by atoms with Crippen molar-refractivity contribution in [2.45, 2.75) is 25.0 Å². The summed E-state index contributed by atoms with van der Waals surface area (Å²) in [5.74, 6) is -2.11. The van der Waals surface area contributed by atoms with Crippen LogP contribution in [0.3, 0.4) is 0 Å².